The molecule has 0 saturated carbocycles. The first-order chi connectivity index (χ1) is 9.10. The van der Waals surface area contributed by atoms with Crippen LogP contribution >= 0.6 is 0 Å². The zero-order valence-electron chi connectivity index (χ0n) is 11.2. The van der Waals surface area contributed by atoms with Gasteiger partial charge in [-0.25, -0.2) is 4.98 Å². The lowest BCUT2D eigenvalue weighted by Crippen LogP contribution is -2.15. The topological polar surface area (TPSA) is 66.9 Å². The number of amides is 1. The second-order valence-electron chi connectivity index (χ2n) is 4.30. The van der Waals surface area contributed by atoms with Gasteiger partial charge in [0.2, 0.25) is 0 Å². The maximum absolute atomic E-state index is 12.2. The summed E-state index contributed by atoms with van der Waals surface area (Å²) >= 11 is 0. The summed E-state index contributed by atoms with van der Waals surface area (Å²) in [5, 5.41) is 5.74. The first-order valence-corrected chi connectivity index (χ1v) is 5.98. The molecule has 5 nitrogen and oxygen atoms in total. The molecule has 0 radical (unpaired) electrons. The lowest BCUT2D eigenvalue weighted by atomic mass is 10.2. The van der Waals surface area contributed by atoms with E-state index in [2.05, 4.69) is 20.6 Å². The van der Waals surface area contributed by atoms with Gasteiger partial charge in [0.25, 0.3) is 5.91 Å². The maximum atomic E-state index is 12.2. The summed E-state index contributed by atoms with van der Waals surface area (Å²) in [6, 6.07) is 5.47. The fourth-order valence-corrected chi connectivity index (χ4v) is 1.88. The highest BCUT2D eigenvalue weighted by molar-refractivity contribution is 6.07. The lowest BCUT2D eigenvalue weighted by Gasteiger charge is -2.09. The molecule has 0 aliphatic heterocycles. The van der Waals surface area contributed by atoms with Gasteiger partial charge in [-0.15, -0.1) is 0 Å². The summed E-state index contributed by atoms with van der Waals surface area (Å²) in [4.78, 5) is 20.5. The van der Waals surface area contributed by atoms with Gasteiger partial charge in [0.15, 0.2) is 0 Å². The summed E-state index contributed by atoms with van der Waals surface area (Å²) in [5.74, 6) is 0.352. The number of hydrogen-bond acceptors (Lipinski definition) is 4. The number of nitrogens with zero attached hydrogens (tertiary/aromatic N) is 2. The fraction of sp³-hybridized carbons (Fsp3) is 0.214. The minimum Gasteiger partial charge on any atom is -0.386 e. The number of anilines is 2. The van der Waals surface area contributed by atoms with Crippen LogP contribution in [0.2, 0.25) is 0 Å². The largest absolute Gasteiger partial charge is 0.386 e. The number of aromatic nitrogens is 2. The average molecular weight is 256 g/mol. The van der Waals surface area contributed by atoms with Crippen LogP contribution in [0.25, 0.3) is 0 Å². The van der Waals surface area contributed by atoms with E-state index in [1.807, 2.05) is 26.0 Å². The standard InChI is InChI=1S/C14H16N4O/c1-9-6-10(2)17-13(7-9)18-14(19)11-4-5-16-8-12(11)15-3/h4-8,15H,1-3H3,(H,17,18,19). The van der Waals surface area contributed by atoms with Crippen LogP contribution in [0.1, 0.15) is 21.6 Å². The van der Waals surface area contributed by atoms with Gasteiger partial charge >= 0.3 is 0 Å². The van der Waals surface area contributed by atoms with Crippen LogP contribution < -0.4 is 10.6 Å². The molecule has 0 saturated heterocycles. The van der Waals surface area contributed by atoms with Crippen molar-refractivity contribution in [3.05, 3.63) is 47.4 Å². The zero-order valence-corrected chi connectivity index (χ0v) is 11.2. The fourth-order valence-electron chi connectivity index (χ4n) is 1.88. The van der Waals surface area contributed by atoms with Gasteiger partial charge < -0.3 is 10.6 Å². The number of carbonyl (C=O) groups is 1. The van der Waals surface area contributed by atoms with Gasteiger partial charge in [-0.05, 0) is 37.6 Å². The summed E-state index contributed by atoms with van der Waals surface area (Å²) in [5.41, 5.74) is 3.16. The van der Waals surface area contributed by atoms with E-state index < -0.39 is 0 Å². The van der Waals surface area contributed by atoms with Crippen molar-refractivity contribution >= 4 is 17.4 Å². The Bertz CT molecular complexity index is 590. The molecular formula is C14H16N4O. The summed E-state index contributed by atoms with van der Waals surface area (Å²) < 4.78 is 0. The molecule has 0 unspecified atom stereocenters. The first kappa shape index (κ1) is 13.0. The van der Waals surface area contributed by atoms with E-state index in [4.69, 9.17) is 0 Å². The Hall–Kier alpha value is -2.43. The van der Waals surface area contributed by atoms with Crippen molar-refractivity contribution in [1.82, 2.24) is 9.97 Å². The zero-order chi connectivity index (χ0) is 13.8. The molecule has 1 amide bonds. The van der Waals surface area contributed by atoms with E-state index >= 15 is 0 Å². The van der Waals surface area contributed by atoms with E-state index in [9.17, 15) is 4.79 Å². The molecule has 0 fully saturated rings. The molecule has 0 bridgehead atoms. The molecule has 0 aromatic carbocycles. The van der Waals surface area contributed by atoms with E-state index in [-0.39, 0.29) is 5.91 Å². The minimum absolute atomic E-state index is 0.204. The van der Waals surface area contributed by atoms with Crippen molar-refractivity contribution in [3.8, 4) is 0 Å². The van der Waals surface area contributed by atoms with Crippen molar-refractivity contribution in [1.29, 1.82) is 0 Å². The second kappa shape index (κ2) is 5.48. The second-order valence-corrected chi connectivity index (χ2v) is 4.30. The molecular weight excluding hydrogens is 240 g/mol. The van der Waals surface area contributed by atoms with Crippen LogP contribution in [-0.4, -0.2) is 22.9 Å². The Morgan fingerprint density at radius 1 is 1.26 bits per heavy atom. The lowest BCUT2D eigenvalue weighted by molar-refractivity contribution is 0.102. The molecule has 0 atom stereocenters. The predicted molar refractivity (Wildman–Crippen MR) is 75.4 cm³/mol. The van der Waals surface area contributed by atoms with Gasteiger partial charge in [0.05, 0.1) is 17.4 Å². The summed E-state index contributed by atoms with van der Waals surface area (Å²) in [6.45, 7) is 3.87. The highest BCUT2D eigenvalue weighted by Crippen LogP contribution is 2.15. The molecule has 0 aliphatic rings. The first-order valence-electron chi connectivity index (χ1n) is 5.98. The van der Waals surface area contributed by atoms with Gasteiger partial charge in [0, 0.05) is 18.9 Å². The molecule has 2 N–H and O–H groups in total. The van der Waals surface area contributed by atoms with E-state index in [0.717, 1.165) is 11.3 Å². The number of carbonyl (C=O) groups excluding carboxylic acids is 1. The van der Waals surface area contributed by atoms with Crippen LogP contribution in [0.15, 0.2) is 30.6 Å². The van der Waals surface area contributed by atoms with E-state index in [1.54, 1.807) is 25.5 Å². The minimum atomic E-state index is -0.204. The van der Waals surface area contributed by atoms with E-state index in [1.165, 1.54) is 0 Å². The maximum Gasteiger partial charge on any atom is 0.259 e. The number of pyridine rings is 2. The van der Waals surface area contributed by atoms with Gasteiger partial charge in [0.1, 0.15) is 5.82 Å². The third kappa shape index (κ3) is 3.07. The average Bonchev–Trinajstić information content (AvgIpc) is 2.37. The van der Waals surface area contributed by atoms with Crippen molar-refractivity contribution < 1.29 is 4.79 Å². The van der Waals surface area contributed by atoms with Gasteiger partial charge in [-0.1, -0.05) is 0 Å². The smallest absolute Gasteiger partial charge is 0.259 e. The van der Waals surface area contributed by atoms with Gasteiger partial charge in [-0.2, -0.15) is 0 Å². The quantitative estimate of drug-likeness (QED) is 0.884. The summed E-state index contributed by atoms with van der Waals surface area (Å²) in [7, 11) is 1.75. The SMILES string of the molecule is CNc1cnccc1C(=O)Nc1cc(C)cc(C)n1. The Morgan fingerprint density at radius 2 is 2.05 bits per heavy atom. The number of nitrogens with one attached hydrogen (secondary N) is 2. The predicted octanol–water partition coefficient (Wildman–Crippen LogP) is 2.39. The third-order valence-corrected chi connectivity index (χ3v) is 2.67. The Morgan fingerprint density at radius 3 is 2.74 bits per heavy atom. The number of hydrogen-bond donors (Lipinski definition) is 2. The van der Waals surface area contributed by atoms with Crippen LogP contribution in [0, 0.1) is 13.8 Å². The Kier molecular flexibility index (Phi) is 3.75. The highest BCUT2D eigenvalue weighted by atomic mass is 16.1. The molecule has 2 heterocycles. The van der Waals surface area contributed by atoms with Crippen molar-refractivity contribution in [2.45, 2.75) is 13.8 Å². The van der Waals surface area contributed by atoms with Crippen molar-refractivity contribution in [2.75, 3.05) is 17.7 Å². The van der Waals surface area contributed by atoms with Gasteiger partial charge in [-0.3, -0.25) is 9.78 Å². The van der Waals surface area contributed by atoms with Crippen LogP contribution in [0.3, 0.4) is 0 Å². The van der Waals surface area contributed by atoms with Crippen LogP contribution in [0.5, 0.6) is 0 Å². The molecule has 2 rings (SSSR count). The number of aryl methyl sites for hydroxylation is 2. The van der Waals surface area contributed by atoms with Crippen LogP contribution in [0.4, 0.5) is 11.5 Å². The molecule has 5 heteroatoms. The molecule has 98 valence electrons. The molecule has 19 heavy (non-hydrogen) atoms. The molecule has 0 spiro atoms. The molecule has 0 aliphatic carbocycles. The third-order valence-electron chi connectivity index (χ3n) is 2.67. The summed E-state index contributed by atoms with van der Waals surface area (Å²) in [6.07, 6.45) is 3.20. The monoisotopic (exact) mass is 256 g/mol. The van der Waals surface area contributed by atoms with E-state index in [0.29, 0.717) is 17.1 Å². The Labute approximate surface area is 112 Å². The normalized spacial score (nSPS) is 10.1. The van der Waals surface area contributed by atoms with Crippen LogP contribution in [-0.2, 0) is 0 Å². The Balaban J connectivity index is 2.25. The molecule has 2 aromatic rings. The molecule has 2 aromatic heterocycles. The number of rotatable bonds is 3. The highest BCUT2D eigenvalue weighted by Gasteiger charge is 2.11. The van der Waals surface area contributed by atoms with Crippen molar-refractivity contribution in [3.63, 3.8) is 0 Å². The van der Waals surface area contributed by atoms with Crippen molar-refractivity contribution in [2.24, 2.45) is 0 Å².